The van der Waals surface area contributed by atoms with Crippen molar-refractivity contribution in [3.8, 4) is 0 Å². The Morgan fingerprint density at radius 3 is 2.67 bits per heavy atom. The highest BCUT2D eigenvalue weighted by molar-refractivity contribution is 5.85. The van der Waals surface area contributed by atoms with Crippen molar-refractivity contribution in [2.24, 2.45) is 11.5 Å². The Hall–Kier alpha value is -1.14. The third-order valence-corrected chi connectivity index (χ3v) is 1.77. The molecule has 0 unspecified atom stereocenters. The molecule has 5 N–H and O–H groups in total. The van der Waals surface area contributed by atoms with Crippen LogP contribution < -0.4 is 16.8 Å². The van der Waals surface area contributed by atoms with Crippen LogP contribution >= 0.6 is 0 Å². The summed E-state index contributed by atoms with van der Waals surface area (Å²) in [6, 6.07) is -0.608. The number of hydrogen-bond donors (Lipinski definition) is 3. The highest BCUT2D eigenvalue weighted by Gasteiger charge is 2.13. The quantitative estimate of drug-likeness (QED) is 0.461. The van der Waals surface area contributed by atoms with Gasteiger partial charge in [-0.05, 0) is 26.3 Å². The number of esters is 1. The zero-order valence-corrected chi connectivity index (χ0v) is 8.99. The summed E-state index contributed by atoms with van der Waals surface area (Å²) in [6.45, 7) is 2.36. The first kappa shape index (κ1) is 13.9. The van der Waals surface area contributed by atoms with Crippen LogP contribution in [-0.4, -0.2) is 37.6 Å². The molecule has 88 valence electrons. The molecule has 0 saturated carbocycles. The van der Waals surface area contributed by atoms with E-state index in [4.69, 9.17) is 11.5 Å². The van der Waals surface area contributed by atoms with Gasteiger partial charge in [0.25, 0.3) is 0 Å². The van der Waals surface area contributed by atoms with Gasteiger partial charge in [0.05, 0.1) is 12.6 Å². The third-order valence-electron chi connectivity index (χ3n) is 1.77. The van der Waals surface area contributed by atoms with E-state index in [-0.39, 0.29) is 12.5 Å². The Kier molecular flexibility index (Phi) is 7.57. The number of nitrogens with one attached hydrogen (secondary N) is 1. The number of ether oxygens (including phenoxy) is 1. The van der Waals surface area contributed by atoms with Crippen molar-refractivity contribution in [2.75, 3.05) is 19.7 Å². The van der Waals surface area contributed by atoms with Crippen LogP contribution in [0.4, 0.5) is 0 Å². The van der Waals surface area contributed by atoms with Crippen LogP contribution in [0.15, 0.2) is 0 Å². The molecule has 0 rings (SSSR count). The van der Waals surface area contributed by atoms with Gasteiger partial charge in [0.2, 0.25) is 5.91 Å². The standard InChI is InChI=1S/C9H19N3O3/c1-2-15-8(13)6-12-9(14)7(11)4-3-5-10/h7H,2-6,10-11H2,1H3,(H,12,14)/t7-/m0/s1. The van der Waals surface area contributed by atoms with Crippen molar-refractivity contribution in [3.63, 3.8) is 0 Å². The Labute approximate surface area is 89.3 Å². The fraction of sp³-hybridized carbons (Fsp3) is 0.778. The summed E-state index contributed by atoms with van der Waals surface area (Å²) in [6.07, 6.45) is 1.21. The molecular formula is C9H19N3O3. The van der Waals surface area contributed by atoms with Gasteiger partial charge in [-0.25, -0.2) is 0 Å². The summed E-state index contributed by atoms with van der Waals surface area (Å²) in [5.74, 6) is -0.812. The summed E-state index contributed by atoms with van der Waals surface area (Å²) in [5.41, 5.74) is 10.8. The predicted octanol–water partition coefficient (Wildman–Crippen LogP) is -1.27. The van der Waals surface area contributed by atoms with Crippen molar-refractivity contribution in [1.82, 2.24) is 5.32 Å². The maximum Gasteiger partial charge on any atom is 0.325 e. The van der Waals surface area contributed by atoms with Gasteiger partial charge in [-0.2, -0.15) is 0 Å². The average Bonchev–Trinajstić information content (AvgIpc) is 2.22. The normalized spacial score (nSPS) is 11.9. The summed E-state index contributed by atoms with van der Waals surface area (Å²) >= 11 is 0. The van der Waals surface area contributed by atoms with E-state index in [9.17, 15) is 9.59 Å². The minimum atomic E-state index is -0.608. The molecule has 15 heavy (non-hydrogen) atoms. The van der Waals surface area contributed by atoms with Crippen molar-refractivity contribution >= 4 is 11.9 Å². The molecule has 0 bridgehead atoms. The van der Waals surface area contributed by atoms with E-state index in [0.717, 1.165) is 0 Å². The second-order valence-corrected chi connectivity index (χ2v) is 3.06. The van der Waals surface area contributed by atoms with Gasteiger partial charge in [0.1, 0.15) is 6.54 Å². The van der Waals surface area contributed by atoms with E-state index in [1.54, 1.807) is 6.92 Å². The molecule has 6 nitrogen and oxygen atoms in total. The molecule has 0 heterocycles. The lowest BCUT2D eigenvalue weighted by atomic mass is 10.1. The van der Waals surface area contributed by atoms with E-state index in [0.29, 0.717) is 26.0 Å². The molecule has 0 spiro atoms. The third kappa shape index (κ3) is 6.87. The fourth-order valence-corrected chi connectivity index (χ4v) is 0.971. The van der Waals surface area contributed by atoms with Gasteiger partial charge in [0, 0.05) is 0 Å². The van der Waals surface area contributed by atoms with Gasteiger partial charge in [-0.3, -0.25) is 9.59 Å². The molecule has 1 atom stereocenters. The van der Waals surface area contributed by atoms with E-state index >= 15 is 0 Å². The summed E-state index contributed by atoms with van der Waals surface area (Å²) in [4.78, 5) is 22.2. The van der Waals surface area contributed by atoms with Crippen molar-refractivity contribution in [1.29, 1.82) is 0 Å². The molecule has 6 heteroatoms. The Morgan fingerprint density at radius 1 is 1.47 bits per heavy atom. The average molecular weight is 217 g/mol. The topological polar surface area (TPSA) is 107 Å². The number of amides is 1. The first-order valence-corrected chi connectivity index (χ1v) is 5.00. The first-order valence-electron chi connectivity index (χ1n) is 5.00. The number of rotatable bonds is 7. The van der Waals surface area contributed by atoms with E-state index < -0.39 is 12.0 Å². The molecule has 0 aliphatic rings. The molecule has 1 amide bonds. The Balaban J connectivity index is 3.68. The van der Waals surface area contributed by atoms with E-state index in [2.05, 4.69) is 10.1 Å². The highest BCUT2D eigenvalue weighted by Crippen LogP contribution is 1.92. The van der Waals surface area contributed by atoms with Gasteiger partial charge < -0.3 is 21.5 Å². The van der Waals surface area contributed by atoms with Crippen LogP contribution in [0.2, 0.25) is 0 Å². The fourth-order valence-electron chi connectivity index (χ4n) is 0.971. The SMILES string of the molecule is CCOC(=O)CNC(=O)[C@@H](N)CCCN. The zero-order valence-electron chi connectivity index (χ0n) is 8.99. The lowest BCUT2D eigenvalue weighted by Gasteiger charge is -2.10. The van der Waals surface area contributed by atoms with Crippen LogP contribution in [-0.2, 0) is 14.3 Å². The predicted molar refractivity (Wildman–Crippen MR) is 55.9 cm³/mol. The molecular weight excluding hydrogens is 198 g/mol. The van der Waals surface area contributed by atoms with Crippen LogP contribution in [0.3, 0.4) is 0 Å². The second-order valence-electron chi connectivity index (χ2n) is 3.06. The van der Waals surface area contributed by atoms with Gasteiger partial charge in [-0.1, -0.05) is 0 Å². The van der Waals surface area contributed by atoms with Crippen LogP contribution in [0, 0.1) is 0 Å². The number of hydrogen-bond acceptors (Lipinski definition) is 5. The molecule has 0 aliphatic carbocycles. The van der Waals surface area contributed by atoms with E-state index in [1.165, 1.54) is 0 Å². The number of carbonyl (C=O) groups is 2. The molecule has 0 aromatic carbocycles. The van der Waals surface area contributed by atoms with Crippen LogP contribution in [0.5, 0.6) is 0 Å². The second kappa shape index (κ2) is 8.19. The smallest absolute Gasteiger partial charge is 0.325 e. The Morgan fingerprint density at radius 2 is 2.13 bits per heavy atom. The summed E-state index contributed by atoms with van der Waals surface area (Å²) in [5, 5.41) is 2.40. The number of carbonyl (C=O) groups excluding carboxylic acids is 2. The monoisotopic (exact) mass is 217 g/mol. The molecule has 0 aromatic rings. The lowest BCUT2D eigenvalue weighted by molar-refractivity contribution is -0.143. The molecule has 0 aromatic heterocycles. The molecule has 0 radical (unpaired) electrons. The maximum atomic E-state index is 11.3. The van der Waals surface area contributed by atoms with Crippen LogP contribution in [0.25, 0.3) is 0 Å². The van der Waals surface area contributed by atoms with Crippen molar-refractivity contribution < 1.29 is 14.3 Å². The van der Waals surface area contributed by atoms with Crippen molar-refractivity contribution in [2.45, 2.75) is 25.8 Å². The maximum absolute atomic E-state index is 11.3. The Bertz CT molecular complexity index is 209. The zero-order chi connectivity index (χ0) is 11.7. The molecule has 0 saturated heterocycles. The van der Waals surface area contributed by atoms with Gasteiger partial charge in [-0.15, -0.1) is 0 Å². The molecule has 0 aliphatic heterocycles. The highest BCUT2D eigenvalue weighted by atomic mass is 16.5. The van der Waals surface area contributed by atoms with Crippen LogP contribution in [0.1, 0.15) is 19.8 Å². The first-order chi connectivity index (χ1) is 7.11. The minimum Gasteiger partial charge on any atom is -0.465 e. The summed E-state index contributed by atoms with van der Waals surface area (Å²) in [7, 11) is 0. The van der Waals surface area contributed by atoms with Crippen molar-refractivity contribution in [3.05, 3.63) is 0 Å². The molecule has 0 fully saturated rings. The minimum absolute atomic E-state index is 0.136. The van der Waals surface area contributed by atoms with E-state index in [1.807, 2.05) is 0 Å². The van der Waals surface area contributed by atoms with Gasteiger partial charge >= 0.3 is 5.97 Å². The largest absolute Gasteiger partial charge is 0.465 e. The van der Waals surface area contributed by atoms with Gasteiger partial charge in [0.15, 0.2) is 0 Å². The number of nitrogens with two attached hydrogens (primary N) is 2. The lowest BCUT2D eigenvalue weighted by Crippen LogP contribution is -2.43. The summed E-state index contributed by atoms with van der Waals surface area (Å²) < 4.78 is 4.64.